The summed E-state index contributed by atoms with van der Waals surface area (Å²) >= 11 is 4.98. The van der Waals surface area contributed by atoms with Crippen molar-refractivity contribution in [3.05, 3.63) is 55.7 Å². The minimum atomic E-state index is -0.517. The Kier molecular flexibility index (Phi) is 3.47. The van der Waals surface area contributed by atoms with Gasteiger partial charge in [-0.25, -0.2) is 0 Å². The van der Waals surface area contributed by atoms with Gasteiger partial charge in [-0.3, -0.25) is 0 Å². The van der Waals surface area contributed by atoms with Gasteiger partial charge in [-0.2, -0.15) is 0 Å². The van der Waals surface area contributed by atoms with E-state index in [1.807, 2.05) is 23.6 Å². The smallest absolute Gasteiger partial charge is 0.113 e. The SMILES string of the molecule is Cc1cccc(C(O)c2cc(Br)cs2)c1C. The second-order valence-electron chi connectivity index (χ2n) is 3.86. The lowest BCUT2D eigenvalue weighted by Gasteiger charge is -2.13. The number of thiophene rings is 1. The molecule has 1 heterocycles. The molecule has 1 aromatic heterocycles. The zero-order valence-electron chi connectivity index (χ0n) is 9.20. The van der Waals surface area contributed by atoms with Crippen LogP contribution in [0.3, 0.4) is 0 Å². The summed E-state index contributed by atoms with van der Waals surface area (Å²) < 4.78 is 1.02. The normalized spacial score (nSPS) is 12.8. The van der Waals surface area contributed by atoms with Crippen LogP contribution >= 0.6 is 27.3 Å². The predicted molar refractivity (Wildman–Crippen MR) is 72.0 cm³/mol. The molecule has 84 valence electrons. The first-order valence-electron chi connectivity index (χ1n) is 5.07. The second kappa shape index (κ2) is 4.70. The fourth-order valence-electron chi connectivity index (χ4n) is 1.69. The Balaban J connectivity index is 2.41. The van der Waals surface area contributed by atoms with E-state index in [1.165, 1.54) is 11.1 Å². The van der Waals surface area contributed by atoms with Crippen LogP contribution in [0.4, 0.5) is 0 Å². The summed E-state index contributed by atoms with van der Waals surface area (Å²) in [6.07, 6.45) is -0.517. The van der Waals surface area contributed by atoms with E-state index in [0.29, 0.717) is 0 Å². The average Bonchev–Trinajstić information content (AvgIpc) is 2.68. The Hall–Kier alpha value is -0.640. The molecule has 2 aromatic rings. The van der Waals surface area contributed by atoms with E-state index in [1.54, 1.807) is 11.3 Å². The van der Waals surface area contributed by atoms with Gasteiger partial charge < -0.3 is 5.11 Å². The third-order valence-electron chi connectivity index (χ3n) is 2.80. The molecule has 1 N–H and O–H groups in total. The van der Waals surface area contributed by atoms with Gasteiger partial charge in [0.25, 0.3) is 0 Å². The van der Waals surface area contributed by atoms with Gasteiger partial charge in [0, 0.05) is 14.7 Å². The number of hydrogen-bond acceptors (Lipinski definition) is 2. The van der Waals surface area contributed by atoms with Crippen LogP contribution in [0.2, 0.25) is 0 Å². The van der Waals surface area contributed by atoms with Crippen molar-refractivity contribution < 1.29 is 5.11 Å². The number of aliphatic hydroxyl groups excluding tert-OH is 1. The van der Waals surface area contributed by atoms with Crippen LogP contribution in [0.25, 0.3) is 0 Å². The highest BCUT2D eigenvalue weighted by Gasteiger charge is 2.15. The summed E-state index contributed by atoms with van der Waals surface area (Å²) in [5, 5.41) is 12.3. The van der Waals surface area contributed by atoms with Crippen molar-refractivity contribution in [2.75, 3.05) is 0 Å². The van der Waals surface area contributed by atoms with Crippen LogP contribution in [0, 0.1) is 13.8 Å². The molecule has 0 fully saturated rings. The van der Waals surface area contributed by atoms with E-state index in [0.717, 1.165) is 14.9 Å². The second-order valence-corrected chi connectivity index (χ2v) is 5.72. The van der Waals surface area contributed by atoms with Crippen molar-refractivity contribution in [1.29, 1.82) is 0 Å². The highest BCUT2D eigenvalue weighted by atomic mass is 79.9. The molecule has 0 saturated heterocycles. The van der Waals surface area contributed by atoms with Gasteiger partial charge in [0.1, 0.15) is 6.10 Å². The molecular formula is C13H13BrOS. The Labute approximate surface area is 108 Å². The zero-order chi connectivity index (χ0) is 11.7. The quantitative estimate of drug-likeness (QED) is 0.880. The number of halogens is 1. The number of rotatable bonds is 2. The van der Waals surface area contributed by atoms with Crippen LogP contribution in [0.5, 0.6) is 0 Å². The minimum Gasteiger partial charge on any atom is -0.383 e. The third kappa shape index (κ3) is 2.21. The lowest BCUT2D eigenvalue weighted by Crippen LogP contribution is -2.00. The zero-order valence-corrected chi connectivity index (χ0v) is 11.6. The standard InChI is InChI=1S/C13H13BrOS/c1-8-4-3-5-11(9(8)2)13(15)12-6-10(14)7-16-12/h3-7,13,15H,1-2H3. The summed E-state index contributed by atoms with van der Waals surface area (Å²) in [7, 11) is 0. The molecular weight excluding hydrogens is 284 g/mol. The van der Waals surface area contributed by atoms with Crippen LogP contribution < -0.4 is 0 Å². The van der Waals surface area contributed by atoms with Gasteiger partial charge in [0.15, 0.2) is 0 Å². The number of hydrogen-bond donors (Lipinski definition) is 1. The predicted octanol–water partition coefficient (Wildman–Crippen LogP) is 4.21. The number of aliphatic hydroxyl groups is 1. The molecule has 1 unspecified atom stereocenters. The van der Waals surface area contributed by atoms with Crippen molar-refractivity contribution in [2.24, 2.45) is 0 Å². The summed E-state index contributed by atoms with van der Waals surface area (Å²) in [6, 6.07) is 8.01. The first-order valence-corrected chi connectivity index (χ1v) is 6.75. The lowest BCUT2D eigenvalue weighted by molar-refractivity contribution is 0.223. The van der Waals surface area contributed by atoms with Crippen LogP contribution in [0.15, 0.2) is 34.1 Å². The molecule has 1 aromatic carbocycles. The van der Waals surface area contributed by atoms with Crippen molar-refractivity contribution in [3.63, 3.8) is 0 Å². The molecule has 0 aliphatic carbocycles. The van der Waals surface area contributed by atoms with Crippen LogP contribution in [-0.2, 0) is 0 Å². The highest BCUT2D eigenvalue weighted by molar-refractivity contribution is 9.10. The molecule has 16 heavy (non-hydrogen) atoms. The molecule has 2 rings (SSSR count). The molecule has 3 heteroatoms. The molecule has 1 atom stereocenters. The summed E-state index contributed by atoms with van der Waals surface area (Å²) in [4.78, 5) is 0.973. The number of benzene rings is 1. The maximum atomic E-state index is 10.3. The first kappa shape index (κ1) is 11.8. The van der Waals surface area contributed by atoms with Gasteiger partial charge in [-0.05, 0) is 52.5 Å². The first-order chi connectivity index (χ1) is 7.59. The van der Waals surface area contributed by atoms with Crippen molar-refractivity contribution in [2.45, 2.75) is 20.0 Å². The van der Waals surface area contributed by atoms with E-state index in [9.17, 15) is 5.11 Å². The summed E-state index contributed by atoms with van der Waals surface area (Å²) in [5.74, 6) is 0. The van der Waals surface area contributed by atoms with Gasteiger partial charge >= 0.3 is 0 Å². The Morgan fingerprint density at radius 3 is 2.69 bits per heavy atom. The molecule has 0 bridgehead atoms. The van der Waals surface area contributed by atoms with Gasteiger partial charge in [-0.15, -0.1) is 11.3 Å². The van der Waals surface area contributed by atoms with E-state index in [2.05, 4.69) is 35.8 Å². The van der Waals surface area contributed by atoms with Gasteiger partial charge in [0.2, 0.25) is 0 Å². The average molecular weight is 297 g/mol. The largest absolute Gasteiger partial charge is 0.383 e. The molecule has 0 aliphatic rings. The Morgan fingerprint density at radius 2 is 2.06 bits per heavy atom. The Morgan fingerprint density at radius 1 is 1.31 bits per heavy atom. The maximum Gasteiger partial charge on any atom is 0.113 e. The van der Waals surface area contributed by atoms with Crippen LogP contribution in [0.1, 0.15) is 27.7 Å². The Bertz CT molecular complexity index is 504. The minimum absolute atomic E-state index is 0.517. The number of aryl methyl sites for hydroxylation is 1. The third-order valence-corrected chi connectivity index (χ3v) is 4.54. The molecule has 0 saturated carbocycles. The molecule has 0 radical (unpaired) electrons. The van der Waals surface area contributed by atoms with Crippen LogP contribution in [-0.4, -0.2) is 5.11 Å². The fourth-order valence-corrected chi connectivity index (χ4v) is 3.14. The van der Waals surface area contributed by atoms with Gasteiger partial charge in [-0.1, -0.05) is 18.2 Å². The molecule has 1 nitrogen and oxygen atoms in total. The molecule has 0 spiro atoms. The van der Waals surface area contributed by atoms with E-state index >= 15 is 0 Å². The summed E-state index contributed by atoms with van der Waals surface area (Å²) in [5.41, 5.74) is 3.38. The highest BCUT2D eigenvalue weighted by Crippen LogP contribution is 2.32. The van der Waals surface area contributed by atoms with Crippen molar-refractivity contribution in [1.82, 2.24) is 0 Å². The fraction of sp³-hybridized carbons (Fsp3) is 0.231. The van der Waals surface area contributed by atoms with Gasteiger partial charge in [0.05, 0.1) is 0 Å². The van der Waals surface area contributed by atoms with Crippen molar-refractivity contribution in [3.8, 4) is 0 Å². The molecule has 0 aliphatic heterocycles. The van der Waals surface area contributed by atoms with Crippen molar-refractivity contribution >= 4 is 27.3 Å². The monoisotopic (exact) mass is 296 g/mol. The summed E-state index contributed by atoms with van der Waals surface area (Å²) in [6.45, 7) is 4.12. The van der Waals surface area contributed by atoms with E-state index in [4.69, 9.17) is 0 Å². The maximum absolute atomic E-state index is 10.3. The van der Waals surface area contributed by atoms with E-state index < -0.39 is 6.10 Å². The topological polar surface area (TPSA) is 20.2 Å². The van der Waals surface area contributed by atoms with E-state index in [-0.39, 0.29) is 0 Å². The molecule has 0 amide bonds. The lowest BCUT2D eigenvalue weighted by atomic mass is 9.98.